The number of halogens is 4. The van der Waals surface area contributed by atoms with Gasteiger partial charge < -0.3 is 19.5 Å². The smallest absolute Gasteiger partial charge is 0.373 e. The fourth-order valence-corrected chi connectivity index (χ4v) is 8.19. The van der Waals surface area contributed by atoms with Crippen molar-refractivity contribution in [3.63, 3.8) is 0 Å². The van der Waals surface area contributed by atoms with Gasteiger partial charge in [0.15, 0.2) is 10.9 Å². The van der Waals surface area contributed by atoms with Crippen molar-refractivity contribution in [3.8, 4) is 11.3 Å². The molecular weight excluding hydrogens is 664 g/mol. The van der Waals surface area contributed by atoms with E-state index in [0.717, 1.165) is 37.8 Å². The zero-order valence-corrected chi connectivity index (χ0v) is 26.4. The van der Waals surface area contributed by atoms with Crippen molar-refractivity contribution in [2.75, 3.05) is 17.2 Å². The van der Waals surface area contributed by atoms with E-state index in [2.05, 4.69) is 20.4 Å². The maximum absolute atomic E-state index is 15.1. The third-order valence-corrected chi connectivity index (χ3v) is 10.7. The summed E-state index contributed by atoms with van der Waals surface area (Å²) in [6.45, 7) is -0.255. The second kappa shape index (κ2) is 12.1. The number of ether oxygens (including phenoxy) is 1. The van der Waals surface area contributed by atoms with Gasteiger partial charge in [-0.05, 0) is 56.7 Å². The zero-order chi connectivity index (χ0) is 33.1. The largest absolute Gasteiger partial charge is 0.417 e. The van der Waals surface area contributed by atoms with Gasteiger partial charge in [-0.1, -0.05) is 34.7 Å². The van der Waals surface area contributed by atoms with E-state index in [-0.39, 0.29) is 59.6 Å². The molecule has 2 saturated heterocycles. The summed E-state index contributed by atoms with van der Waals surface area (Å²) in [6.07, 6.45) is 0.0826. The maximum Gasteiger partial charge on any atom is 0.417 e. The first-order valence-electron chi connectivity index (χ1n) is 15.2. The molecule has 2 N–H and O–H groups in total. The van der Waals surface area contributed by atoms with Crippen molar-refractivity contribution >= 4 is 42.7 Å². The van der Waals surface area contributed by atoms with E-state index in [0.29, 0.717) is 34.0 Å². The first kappa shape index (κ1) is 32.0. The Labute approximate surface area is 270 Å². The van der Waals surface area contributed by atoms with Crippen molar-refractivity contribution in [1.82, 2.24) is 15.5 Å². The maximum atomic E-state index is 15.1. The summed E-state index contributed by atoms with van der Waals surface area (Å²) >= 11 is 1.26. The van der Waals surface area contributed by atoms with Crippen LogP contribution in [0.25, 0.3) is 21.5 Å². The molecule has 3 aliphatic rings. The van der Waals surface area contributed by atoms with Crippen molar-refractivity contribution in [2.45, 2.75) is 75.4 Å². The number of piperidine rings is 1. The average Bonchev–Trinajstić information content (AvgIpc) is 3.52. The molecule has 7 rings (SSSR count). The molecular formula is C31H30F4N4O6S2. The second-order valence-electron chi connectivity index (χ2n) is 12.2. The number of alkyl halides is 3. The van der Waals surface area contributed by atoms with Crippen LogP contribution in [0.2, 0.25) is 0 Å². The molecule has 1 saturated carbocycles. The lowest BCUT2D eigenvalue weighted by molar-refractivity contribution is -0.137. The molecule has 2 atom stereocenters. The van der Waals surface area contributed by atoms with E-state index in [1.807, 2.05) is 0 Å². The molecule has 250 valence electrons. The van der Waals surface area contributed by atoms with Gasteiger partial charge in [0.25, 0.3) is 16.0 Å². The van der Waals surface area contributed by atoms with E-state index in [4.69, 9.17) is 13.8 Å². The number of carbonyl (C=O) groups is 1. The molecule has 47 heavy (non-hydrogen) atoms. The number of carbonyl (C=O) groups excluding carboxylic acids is 1. The highest BCUT2D eigenvalue weighted by atomic mass is 32.2. The third-order valence-electron chi connectivity index (χ3n) is 8.97. The number of hydrogen-bond donors (Lipinski definition) is 2. The molecule has 2 unspecified atom stereocenters. The van der Waals surface area contributed by atoms with Gasteiger partial charge in [0, 0.05) is 41.2 Å². The molecule has 3 fully saturated rings. The van der Waals surface area contributed by atoms with E-state index < -0.39 is 39.3 Å². The lowest BCUT2D eigenvalue weighted by atomic mass is 9.98. The number of anilines is 1. The molecule has 1 amide bonds. The van der Waals surface area contributed by atoms with Crippen LogP contribution < -0.4 is 10.2 Å². The van der Waals surface area contributed by atoms with Crippen LogP contribution in [0.15, 0.2) is 40.9 Å². The van der Waals surface area contributed by atoms with Crippen LogP contribution in [0.5, 0.6) is 0 Å². The number of aromatic nitrogens is 2. The van der Waals surface area contributed by atoms with Crippen LogP contribution in [-0.4, -0.2) is 59.5 Å². The molecule has 2 bridgehead atoms. The van der Waals surface area contributed by atoms with Crippen LogP contribution in [0.1, 0.15) is 71.7 Å². The van der Waals surface area contributed by atoms with Gasteiger partial charge in [0.1, 0.15) is 17.0 Å². The zero-order valence-electron chi connectivity index (χ0n) is 24.8. The molecule has 4 heterocycles. The van der Waals surface area contributed by atoms with Gasteiger partial charge in [-0.3, -0.25) is 9.35 Å². The molecule has 2 aliphatic heterocycles. The van der Waals surface area contributed by atoms with E-state index >= 15 is 4.39 Å². The first-order valence-corrected chi connectivity index (χ1v) is 17.7. The van der Waals surface area contributed by atoms with E-state index in [1.165, 1.54) is 29.5 Å². The number of benzene rings is 2. The number of fused-ring (bicyclic) bond motifs is 3. The van der Waals surface area contributed by atoms with Crippen molar-refractivity contribution < 1.29 is 44.6 Å². The number of nitrogens with one attached hydrogen (secondary N) is 1. The van der Waals surface area contributed by atoms with Crippen molar-refractivity contribution in [1.29, 1.82) is 0 Å². The van der Waals surface area contributed by atoms with Crippen LogP contribution in [-0.2, 0) is 27.6 Å². The molecule has 16 heteroatoms. The number of hydrogen-bond acceptors (Lipinski definition) is 9. The summed E-state index contributed by atoms with van der Waals surface area (Å²) in [5.74, 6) is -1.32. The first-order chi connectivity index (χ1) is 22.4. The Morgan fingerprint density at radius 2 is 1.85 bits per heavy atom. The predicted octanol–water partition coefficient (Wildman–Crippen LogP) is 6.32. The summed E-state index contributed by atoms with van der Waals surface area (Å²) in [7, 11) is -4.26. The number of amides is 1. The molecule has 4 aromatic rings. The summed E-state index contributed by atoms with van der Waals surface area (Å²) in [6, 6.07) is 8.00. The average molecular weight is 695 g/mol. The lowest BCUT2D eigenvalue weighted by Gasteiger charge is -2.38. The van der Waals surface area contributed by atoms with Crippen LogP contribution in [0.3, 0.4) is 0 Å². The summed E-state index contributed by atoms with van der Waals surface area (Å²) in [5, 5.41) is 7.07. The highest BCUT2D eigenvalue weighted by Gasteiger charge is 2.43. The van der Waals surface area contributed by atoms with Crippen LogP contribution in [0, 0.1) is 5.82 Å². The minimum Gasteiger partial charge on any atom is -0.373 e. The SMILES string of the molecule is O=C(NCCS(=O)(=O)O)c1cc(F)c2nc(N3C4CCC3CC(OCc3c(-c5ccccc5C(F)(F)F)noc3C3CC3)C4)sc2c1. The van der Waals surface area contributed by atoms with Crippen molar-refractivity contribution in [3.05, 3.63) is 64.7 Å². The van der Waals surface area contributed by atoms with E-state index in [9.17, 15) is 26.4 Å². The van der Waals surface area contributed by atoms with Crippen molar-refractivity contribution in [2.24, 2.45) is 0 Å². The number of rotatable bonds is 10. The normalized spacial score (nSPS) is 21.5. The Kier molecular flexibility index (Phi) is 8.25. The Bertz CT molecular complexity index is 1930. The molecule has 1 aliphatic carbocycles. The number of thiazole rings is 1. The molecule has 10 nitrogen and oxygen atoms in total. The minimum absolute atomic E-state index is 0.00662. The van der Waals surface area contributed by atoms with Crippen LogP contribution >= 0.6 is 11.3 Å². The highest BCUT2D eigenvalue weighted by Crippen LogP contribution is 2.47. The van der Waals surface area contributed by atoms with Gasteiger partial charge in [0.05, 0.1) is 28.7 Å². The summed E-state index contributed by atoms with van der Waals surface area (Å²) < 4.78 is 99.8. The predicted molar refractivity (Wildman–Crippen MR) is 164 cm³/mol. The Hall–Kier alpha value is -3.60. The monoisotopic (exact) mass is 694 g/mol. The van der Waals surface area contributed by atoms with Gasteiger partial charge in [-0.25, -0.2) is 9.37 Å². The van der Waals surface area contributed by atoms with Crippen LogP contribution in [0.4, 0.5) is 22.7 Å². The molecule has 2 aromatic heterocycles. The molecule has 0 spiro atoms. The van der Waals surface area contributed by atoms with Gasteiger partial charge >= 0.3 is 6.18 Å². The Morgan fingerprint density at radius 1 is 1.13 bits per heavy atom. The van der Waals surface area contributed by atoms with Gasteiger partial charge in [-0.2, -0.15) is 21.6 Å². The Balaban J connectivity index is 1.06. The fourth-order valence-electron chi connectivity index (χ4n) is 6.67. The second-order valence-corrected chi connectivity index (χ2v) is 14.8. The molecule has 2 aromatic carbocycles. The summed E-state index contributed by atoms with van der Waals surface area (Å²) in [4.78, 5) is 19.2. The standard InChI is InChI=1S/C31H30F4N4O6S2/c32-24-11-17(29(40)36-9-10-47(41,42)43)12-25-27(24)37-30(46-25)39-18-7-8-19(39)14-20(13-18)44-15-22-26(38-45-28(22)16-5-6-16)21-3-1-2-4-23(21)31(33,34)35/h1-4,11-12,16,18-20H,5-10,13-15H2,(H,36,40)(H,41,42,43). The topological polar surface area (TPSA) is 135 Å². The van der Waals surface area contributed by atoms with E-state index in [1.54, 1.807) is 6.07 Å². The van der Waals surface area contributed by atoms with Gasteiger partial charge in [-0.15, -0.1) is 0 Å². The number of nitrogens with zero attached hydrogens (tertiary/aromatic N) is 3. The quantitative estimate of drug-likeness (QED) is 0.144. The third kappa shape index (κ3) is 6.60. The fraction of sp³-hybridized carbons (Fsp3) is 0.452. The van der Waals surface area contributed by atoms with Gasteiger partial charge in [0.2, 0.25) is 0 Å². The molecule has 0 radical (unpaired) electrons. The lowest BCUT2D eigenvalue weighted by Crippen LogP contribution is -2.45. The highest BCUT2D eigenvalue weighted by molar-refractivity contribution is 7.85. The Morgan fingerprint density at radius 3 is 2.53 bits per heavy atom. The summed E-state index contributed by atoms with van der Waals surface area (Å²) in [5.41, 5.74) is 0.0316. The minimum atomic E-state index is -4.55.